The number of carbonyl (C=O) groups excluding carboxylic acids is 3. The predicted octanol–water partition coefficient (Wildman–Crippen LogP) is 3.84. The molecule has 0 atom stereocenters. The Hall–Kier alpha value is -4.66. The lowest BCUT2D eigenvalue weighted by molar-refractivity contribution is 0.102. The average molecular weight is 460 g/mol. The molecule has 0 unspecified atom stereocenters. The molecule has 0 heterocycles. The largest absolute Gasteiger partial charge is 0.497 e. The molecule has 9 heteroatoms. The number of ketones is 1. The summed E-state index contributed by atoms with van der Waals surface area (Å²) >= 11 is 0. The number of carbonyl (C=O) groups is 3. The molecule has 0 spiro atoms. The van der Waals surface area contributed by atoms with E-state index in [0.717, 1.165) is 0 Å². The Kier molecular flexibility index (Phi) is 7.96. The second kappa shape index (κ2) is 11.3. The molecule has 0 aliphatic heterocycles. The quantitative estimate of drug-likeness (QED) is 0.203. The number of nitrogens with one attached hydrogen (secondary N) is 2. The first-order valence-corrected chi connectivity index (χ1v) is 10.4. The zero-order valence-electron chi connectivity index (χ0n) is 18.7. The van der Waals surface area contributed by atoms with Crippen molar-refractivity contribution in [3.8, 4) is 5.75 Å². The fourth-order valence-corrected chi connectivity index (χ4v) is 3.07. The zero-order chi connectivity index (χ0) is 24.5. The molecular formula is C25H24N4O5. The van der Waals surface area contributed by atoms with Crippen LogP contribution in [0.1, 0.15) is 38.8 Å². The minimum atomic E-state index is -0.678. The molecule has 0 radical (unpaired) electrons. The Labute approximate surface area is 196 Å². The molecule has 0 aliphatic rings. The van der Waals surface area contributed by atoms with Crippen molar-refractivity contribution >= 4 is 35.4 Å². The van der Waals surface area contributed by atoms with Gasteiger partial charge in [-0.1, -0.05) is 24.3 Å². The summed E-state index contributed by atoms with van der Waals surface area (Å²) < 4.78 is 9.84. The summed E-state index contributed by atoms with van der Waals surface area (Å²) in [6.45, 7) is 1.91. The first-order valence-electron chi connectivity index (χ1n) is 10.4. The summed E-state index contributed by atoms with van der Waals surface area (Å²) in [6.07, 6.45) is 0.711. The van der Waals surface area contributed by atoms with Crippen LogP contribution in [0, 0.1) is 0 Å². The van der Waals surface area contributed by atoms with Gasteiger partial charge in [-0.15, -0.1) is 0 Å². The molecule has 3 aromatic rings. The van der Waals surface area contributed by atoms with Crippen molar-refractivity contribution in [1.82, 2.24) is 5.43 Å². The highest BCUT2D eigenvalue weighted by molar-refractivity contribution is 6.17. The number of nitrogens with zero attached hydrogens (tertiary/aromatic N) is 1. The second-order valence-electron chi connectivity index (χ2n) is 7.00. The van der Waals surface area contributed by atoms with E-state index in [1.165, 1.54) is 13.3 Å². The molecule has 0 aromatic heterocycles. The maximum atomic E-state index is 13.3. The van der Waals surface area contributed by atoms with Crippen LogP contribution in [0.2, 0.25) is 0 Å². The molecule has 3 aromatic carbocycles. The number of hydrogen-bond donors (Lipinski definition) is 3. The second-order valence-corrected chi connectivity index (χ2v) is 7.00. The van der Waals surface area contributed by atoms with Gasteiger partial charge in [-0.3, -0.25) is 9.59 Å². The van der Waals surface area contributed by atoms with E-state index in [4.69, 9.17) is 15.2 Å². The van der Waals surface area contributed by atoms with Gasteiger partial charge in [0.2, 0.25) is 0 Å². The molecular weight excluding hydrogens is 436 g/mol. The van der Waals surface area contributed by atoms with Gasteiger partial charge in [0.1, 0.15) is 5.75 Å². The third-order valence-electron chi connectivity index (χ3n) is 4.73. The molecule has 174 valence electrons. The lowest BCUT2D eigenvalue weighted by Crippen LogP contribution is -2.18. The number of nitrogen functional groups attached to an aromatic ring is 1. The number of hydrazone groups is 1. The summed E-state index contributed by atoms with van der Waals surface area (Å²) in [7, 11) is 1.54. The van der Waals surface area contributed by atoms with Gasteiger partial charge in [0.15, 0.2) is 5.78 Å². The Bertz CT molecular complexity index is 1220. The minimum absolute atomic E-state index is 0.219. The highest BCUT2D eigenvalue weighted by Crippen LogP contribution is 2.27. The fraction of sp³-hybridized carbons (Fsp3) is 0.120. The van der Waals surface area contributed by atoms with Gasteiger partial charge in [0.25, 0.3) is 5.91 Å². The van der Waals surface area contributed by atoms with Crippen LogP contribution in [0.15, 0.2) is 71.8 Å². The van der Waals surface area contributed by atoms with Gasteiger partial charge in [-0.05, 0) is 55.0 Å². The van der Waals surface area contributed by atoms with E-state index < -0.39 is 12.0 Å². The van der Waals surface area contributed by atoms with Crippen LogP contribution in [0.5, 0.6) is 5.75 Å². The first-order chi connectivity index (χ1) is 16.4. The Balaban J connectivity index is 1.83. The lowest BCUT2D eigenvalue weighted by Gasteiger charge is -2.13. The third-order valence-corrected chi connectivity index (χ3v) is 4.73. The number of benzene rings is 3. The number of hydrogen-bond acceptors (Lipinski definition) is 7. The van der Waals surface area contributed by atoms with Crippen molar-refractivity contribution in [1.29, 1.82) is 0 Å². The van der Waals surface area contributed by atoms with Crippen molar-refractivity contribution in [2.75, 3.05) is 24.8 Å². The number of amides is 2. The van der Waals surface area contributed by atoms with Crippen LogP contribution in [0.25, 0.3) is 0 Å². The molecule has 34 heavy (non-hydrogen) atoms. The summed E-state index contributed by atoms with van der Waals surface area (Å²) in [6, 6.07) is 18.0. The van der Waals surface area contributed by atoms with Crippen LogP contribution >= 0.6 is 0 Å². The summed E-state index contributed by atoms with van der Waals surface area (Å²) in [4.78, 5) is 37.4. The van der Waals surface area contributed by atoms with Crippen LogP contribution in [0.4, 0.5) is 16.2 Å². The van der Waals surface area contributed by atoms with Crippen molar-refractivity contribution in [2.45, 2.75) is 6.92 Å². The molecule has 0 aliphatic carbocycles. The maximum Gasteiger partial charge on any atom is 0.427 e. The molecule has 9 nitrogen and oxygen atoms in total. The molecule has 0 bridgehead atoms. The first kappa shape index (κ1) is 24.0. The number of rotatable bonds is 8. The van der Waals surface area contributed by atoms with Crippen LogP contribution in [-0.4, -0.2) is 37.7 Å². The van der Waals surface area contributed by atoms with E-state index >= 15 is 0 Å². The highest BCUT2D eigenvalue weighted by Gasteiger charge is 2.18. The van der Waals surface area contributed by atoms with E-state index in [9.17, 15) is 14.4 Å². The molecule has 0 saturated carbocycles. The van der Waals surface area contributed by atoms with Crippen LogP contribution in [-0.2, 0) is 4.74 Å². The lowest BCUT2D eigenvalue weighted by atomic mass is 9.99. The number of nitrogens with two attached hydrogens (primary N) is 1. The van der Waals surface area contributed by atoms with Gasteiger partial charge >= 0.3 is 6.09 Å². The SMILES string of the molecule is CCOC(=O)NN=Cc1cccc(C(=O)c2cccc(N)c2NC(=O)c2ccc(OC)cc2)c1. The summed E-state index contributed by atoms with van der Waals surface area (Å²) in [5.74, 6) is -0.140. The molecule has 2 amide bonds. The van der Waals surface area contributed by atoms with Gasteiger partial charge < -0.3 is 20.5 Å². The zero-order valence-corrected chi connectivity index (χ0v) is 18.7. The fourth-order valence-electron chi connectivity index (χ4n) is 3.07. The van der Waals surface area contributed by atoms with E-state index in [2.05, 4.69) is 15.8 Å². The number of methoxy groups -OCH3 is 1. The number of ether oxygens (including phenoxy) is 2. The number of para-hydroxylation sites is 1. The van der Waals surface area contributed by atoms with Gasteiger partial charge in [0.05, 0.1) is 31.3 Å². The summed E-state index contributed by atoms with van der Waals surface area (Å²) in [5.41, 5.74) is 10.3. The third kappa shape index (κ3) is 5.98. The highest BCUT2D eigenvalue weighted by atomic mass is 16.5. The molecule has 4 N–H and O–H groups in total. The Morgan fingerprint density at radius 1 is 1.00 bits per heavy atom. The van der Waals surface area contributed by atoms with E-state index in [-0.39, 0.29) is 29.3 Å². The van der Waals surface area contributed by atoms with Crippen molar-refractivity contribution in [3.05, 3.63) is 89.0 Å². The van der Waals surface area contributed by atoms with Crippen molar-refractivity contribution in [3.63, 3.8) is 0 Å². The standard InChI is InChI=1S/C25H24N4O5/c1-3-34-25(32)29-27-15-16-6-4-7-18(14-16)23(30)20-8-5-9-21(26)22(20)28-24(31)17-10-12-19(33-2)13-11-17/h4-15H,3,26H2,1-2H3,(H,28,31)(H,29,32). The molecule has 3 rings (SSSR count). The van der Waals surface area contributed by atoms with Crippen LogP contribution in [0.3, 0.4) is 0 Å². The van der Waals surface area contributed by atoms with Crippen molar-refractivity contribution in [2.24, 2.45) is 5.10 Å². The van der Waals surface area contributed by atoms with E-state index in [1.807, 2.05) is 0 Å². The molecule has 0 saturated heterocycles. The predicted molar refractivity (Wildman–Crippen MR) is 129 cm³/mol. The topological polar surface area (TPSA) is 132 Å². The van der Waals surface area contributed by atoms with Gasteiger partial charge in [0, 0.05) is 16.7 Å². The van der Waals surface area contributed by atoms with Gasteiger partial charge in [-0.25, -0.2) is 10.2 Å². The minimum Gasteiger partial charge on any atom is -0.497 e. The average Bonchev–Trinajstić information content (AvgIpc) is 2.85. The number of anilines is 2. The monoisotopic (exact) mass is 460 g/mol. The van der Waals surface area contributed by atoms with E-state index in [0.29, 0.717) is 22.4 Å². The maximum absolute atomic E-state index is 13.3. The Morgan fingerprint density at radius 3 is 2.44 bits per heavy atom. The van der Waals surface area contributed by atoms with E-state index in [1.54, 1.807) is 73.7 Å². The van der Waals surface area contributed by atoms with Crippen molar-refractivity contribution < 1.29 is 23.9 Å². The Morgan fingerprint density at radius 2 is 1.74 bits per heavy atom. The normalized spacial score (nSPS) is 10.5. The molecule has 0 fully saturated rings. The van der Waals surface area contributed by atoms with Crippen LogP contribution < -0.4 is 21.2 Å². The smallest absolute Gasteiger partial charge is 0.427 e. The summed E-state index contributed by atoms with van der Waals surface area (Å²) in [5, 5.41) is 6.55. The van der Waals surface area contributed by atoms with Gasteiger partial charge in [-0.2, -0.15) is 5.10 Å².